The van der Waals surface area contributed by atoms with E-state index in [1.165, 1.54) is 0 Å². The van der Waals surface area contributed by atoms with E-state index in [0.717, 1.165) is 13.1 Å². The van der Waals surface area contributed by atoms with E-state index < -0.39 is 0 Å². The predicted octanol–water partition coefficient (Wildman–Crippen LogP) is 0.686. The fourth-order valence-corrected chi connectivity index (χ4v) is 2.97. The third kappa shape index (κ3) is 2.88. The van der Waals surface area contributed by atoms with E-state index >= 15 is 0 Å². The molecule has 0 radical (unpaired) electrons. The second kappa shape index (κ2) is 4.33. The summed E-state index contributed by atoms with van der Waals surface area (Å²) in [6.45, 7) is 7.74. The monoisotopic (exact) mass is 202 g/mol. The van der Waals surface area contributed by atoms with Crippen LogP contribution in [0.2, 0.25) is 0 Å². The molecule has 3 unspecified atom stereocenters. The molecule has 76 valence electrons. The van der Waals surface area contributed by atoms with Crippen molar-refractivity contribution in [1.82, 2.24) is 4.90 Å². The van der Waals surface area contributed by atoms with Crippen LogP contribution in [0.5, 0.6) is 0 Å². The van der Waals surface area contributed by atoms with Gasteiger partial charge in [0.15, 0.2) is 0 Å². The number of amides is 1. The SMILES string of the molecule is CC1CN(C(=O)C(C)N)CC(C)S1. The van der Waals surface area contributed by atoms with Gasteiger partial charge in [0.1, 0.15) is 0 Å². The number of carbonyl (C=O) groups excluding carboxylic acids is 1. The van der Waals surface area contributed by atoms with E-state index in [-0.39, 0.29) is 11.9 Å². The molecule has 13 heavy (non-hydrogen) atoms. The van der Waals surface area contributed by atoms with Gasteiger partial charge in [-0.2, -0.15) is 11.8 Å². The summed E-state index contributed by atoms with van der Waals surface area (Å²) < 4.78 is 0. The third-order valence-corrected chi connectivity index (χ3v) is 3.35. The standard InChI is InChI=1S/C9H18N2OS/c1-6-4-11(5-7(2)13-6)9(12)8(3)10/h6-8H,4-5,10H2,1-3H3. The lowest BCUT2D eigenvalue weighted by atomic mass is 10.2. The Morgan fingerprint density at radius 1 is 1.46 bits per heavy atom. The highest BCUT2D eigenvalue weighted by Crippen LogP contribution is 2.24. The fourth-order valence-electron chi connectivity index (χ4n) is 1.65. The van der Waals surface area contributed by atoms with E-state index in [9.17, 15) is 4.79 Å². The summed E-state index contributed by atoms with van der Waals surface area (Å²) in [7, 11) is 0. The molecule has 0 saturated carbocycles. The molecule has 1 heterocycles. The van der Waals surface area contributed by atoms with Crippen molar-refractivity contribution in [3.8, 4) is 0 Å². The van der Waals surface area contributed by atoms with Gasteiger partial charge in [-0.1, -0.05) is 13.8 Å². The fraction of sp³-hybridized carbons (Fsp3) is 0.889. The van der Waals surface area contributed by atoms with Crippen LogP contribution in [0.15, 0.2) is 0 Å². The average molecular weight is 202 g/mol. The molecule has 0 bridgehead atoms. The van der Waals surface area contributed by atoms with Crippen LogP contribution in [0.25, 0.3) is 0 Å². The Morgan fingerprint density at radius 2 is 1.92 bits per heavy atom. The van der Waals surface area contributed by atoms with Crippen molar-refractivity contribution in [1.29, 1.82) is 0 Å². The normalized spacial score (nSPS) is 31.5. The first-order valence-electron chi connectivity index (χ1n) is 4.70. The van der Waals surface area contributed by atoms with Crippen molar-refractivity contribution in [3.05, 3.63) is 0 Å². The first kappa shape index (κ1) is 10.9. The summed E-state index contributed by atoms with van der Waals surface area (Å²) in [4.78, 5) is 13.5. The van der Waals surface area contributed by atoms with Crippen LogP contribution in [-0.4, -0.2) is 40.4 Å². The molecule has 0 aromatic rings. The van der Waals surface area contributed by atoms with Crippen LogP contribution in [0, 0.1) is 0 Å². The van der Waals surface area contributed by atoms with Gasteiger partial charge in [-0.25, -0.2) is 0 Å². The Morgan fingerprint density at radius 3 is 2.31 bits per heavy atom. The van der Waals surface area contributed by atoms with E-state index in [1.807, 2.05) is 16.7 Å². The van der Waals surface area contributed by atoms with Crippen molar-refractivity contribution in [3.63, 3.8) is 0 Å². The maximum absolute atomic E-state index is 11.6. The number of hydrogen-bond donors (Lipinski definition) is 1. The lowest BCUT2D eigenvalue weighted by Gasteiger charge is -2.35. The van der Waals surface area contributed by atoms with E-state index in [2.05, 4.69) is 13.8 Å². The molecule has 2 N–H and O–H groups in total. The minimum atomic E-state index is -0.359. The molecule has 3 atom stereocenters. The van der Waals surface area contributed by atoms with Crippen LogP contribution >= 0.6 is 11.8 Å². The largest absolute Gasteiger partial charge is 0.339 e. The van der Waals surface area contributed by atoms with Gasteiger partial charge in [0, 0.05) is 23.6 Å². The Kier molecular flexibility index (Phi) is 3.62. The number of nitrogens with two attached hydrogens (primary N) is 1. The minimum absolute atomic E-state index is 0.0824. The van der Waals surface area contributed by atoms with Gasteiger partial charge in [-0.3, -0.25) is 4.79 Å². The molecule has 4 heteroatoms. The van der Waals surface area contributed by atoms with Gasteiger partial charge in [0.25, 0.3) is 0 Å². The zero-order valence-electron chi connectivity index (χ0n) is 8.49. The first-order chi connectivity index (χ1) is 6.00. The first-order valence-corrected chi connectivity index (χ1v) is 5.64. The molecule has 1 aliphatic rings. The highest BCUT2D eigenvalue weighted by atomic mass is 32.2. The third-order valence-electron chi connectivity index (χ3n) is 2.12. The lowest BCUT2D eigenvalue weighted by molar-refractivity contribution is -0.132. The van der Waals surface area contributed by atoms with Crippen molar-refractivity contribution in [2.75, 3.05) is 13.1 Å². The quantitative estimate of drug-likeness (QED) is 0.680. The molecule has 1 aliphatic heterocycles. The number of carbonyl (C=O) groups is 1. The average Bonchev–Trinajstić information content (AvgIpc) is 2.01. The number of hydrogen-bond acceptors (Lipinski definition) is 3. The van der Waals surface area contributed by atoms with Gasteiger partial charge in [-0.15, -0.1) is 0 Å². The second-order valence-corrected chi connectivity index (χ2v) is 5.67. The predicted molar refractivity (Wildman–Crippen MR) is 56.7 cm³/mol. The zero-order valence-corrected chi connectivity index (χ0v) is 9.30. The minimum Gasteiger partial charge on any atom is -0.339 e. The molecule has 0 spiro atoms. The van der Waals surface area contributed by atoms with Crippen molar-refractivity contribution in [2.24, 2.45) is 5.73 Å². The molecule has 3 nitrogen and oxygen atoms in total. The van der Waals surface area contributed by atoms with Crippen LogP contribution in [0.1, 0.15) is 20.8 Å². The van der Waals surface area contributed by atoms with Gasteiger partial charge in [-0.05, 0) is 6.92 Å². The number of rotatable bonds is 1. The molecule has 1 fully saturated rings. The molecular weight excluding hydrogens is 184 g/mol. The van der Waals surface area contributed by atoms with E-state index in [0.29, 0.717) is 10.5 Å². The molecule has 1 amide bonds. The summed E-state index contributed by atoms with van der Waals surface area (Å²) in [6.07, 6.45) is 0. The van der Waals surface area contributed by atoms with Crippen LogP contribution in [0.3, 0.4) is 0 Å². The van der Waals surface area contributed by atoms with Gasteiger partial charge in [0.05, 0.1) is 6.04 Å². The summed E-state index contributed by atoms with van der Waals surface area (Å²) in [6, 6.07) is -0.359. The topological polar surface area (TPSA) is 46.3 Å². The molecule has 0 aromatic carbocycles. The molecule has 1 rings (SSSR count). The summed E-state index contributed by atoms with van der Waals surface area (Å²) in [5, 5.41) is 1.07. The Bertz CT molecular complexity index is 186. The highest BCUT2D eigenvalue weighted by molar-refractivity contribution is 8.00. The number of thioether (sulfide) groups is 1. The summed E-state index contributed by atoms with van der Waals surface area (Å²) >= 11 is 1.94. The molecule has 1 saturated heterocycles. The zero-order chi connectivity index (χ0) is 10.0. The summed E-state index contributed by atoms with van der Waals surface area (Å²) in [5.74, 6) is 0.0824. The maximum Gasteiger partial charge on any atom is 0.239 e. The van der Waals surface area contributed by atoms with Crippen LogP contribution < -0.4 is 5.73 Å². The number of nitrogens with zero attached hydrogens (tertiary/aromatic N) is 1. The Balaban J connectivity index is 2.55. The van der Waals surface area contributed by atoms with E-state index in [4.69, 9.17) is 5.73 Å². The van der Waals surface area contributed by atoms with Crippen LogP contribution in [0.4, 0.5) is 0 Å². The summed E-state index contributed by atoms with van der Waals surface area (Å²) in [5.41, 5.74) is 5.56. The molecular formula is C9H18N2OS. The van der Waals surface area contributed by atoms with Crippen molar-refractivity contribution >= 4 is 17.7 Å². The second-order valence-electron chi connectivity index (χ2n) is 3.79. The van der Waals surface area contributed by atoms with Gasteiger partial charge in [0.2, 0.25) is 5.91 Å². The van der Waals surface area contributed by atoms with Crippen LogP contribution in [-0.2, 0) is 4.79 Å². The van der Waals surface area contributed by atoms with E-state index in [1.54, 1.807) is 6.92 Å². The highest BCUT2D eigenvalue weighted by Gasteiger charge is 2.26. The van der Waals surface area contributed by atoms with Crippen molar-refractivity contribution in [2.45, 2.75) is 37.3 Å². The smallest absolute Gasteiger partial charge is 0.239 e. The maximum atomic E-state index is 11.6. The van der Waals surface area contributed by atoms with Gasteiger partial charge >= 0.3 is 0 Å². The lowest BCUT2D eigenvalue weighted by Crippen LogP contribution is -2.49. The van der Waals surface area contributed by atoms with Gasteiger partial charge < -0.3 is 10.6 Å². The molecule has 0 aromatic heterocycles. The van der Waals surface area contributed by atoms with Crippen molar-refractivity contribution < 1.29 is 4.79 Å². The molecule has 0 aliphatic carbocycles. The Labute approximate surface area is 84.0 Å². The Hall–Kier alpha value is -0.220.